The van der Waals surface area contributed by atoms with Gasteiger partial charge in [-0.2, -0.15) is 0 Å². The average molecular weight is 325 g/mol. The zero-order chi connectivity index (χ0) is 17.2. The average Bonchev–Trinajstić information content (AvgIpc) is 2.61. The second-order valence-corrected chi connectivity index (χ2v) is 5.43. The summed E-state index contributed by atoms with van der Waals surface area (Å²) in [6.45, 7) is 4.21. The van der Waals surface area contributed by atoms with Crippen molar-refractivity contribution >= 4 is 12.0 Å². The van der Waals surface area contributed by atoms with Crippen molar-refractivity contribution in [1.29, 1.82) is 0 Å². The number of carboxylic acid groups (broad SMARTS) is 1. The third-order valence-electron chi connectivity index (χ3n) is 3.64. The first-order chi connectivity index (χ1) is 11.7. The number of nitrogens with zero attached hydrogens (tertiary/aromatic N) is 1. The summed E-state index contributed by atoms with van der Waals surface area (Å²) >= 11 is 0. The Kier molecular flexibility index (Phi) is 7.05. The van der Waals surface area contributed by atoms with Crippen LogP contribution in [0.15, 0.2) is 60.7 Å². The lowest BCUT2D eigenvalue weighted by atomic mass is 10.1. The summed E-state index contributed by atoms with van der Waals surface area (Å²) < 4.78 is 5.37. The van der Waals surface area contributed by atoms with Crippen LogP contribution in [0, 0.1) is 0 Å². The van der Waals surface area contributed by atoms with Crippen LogP contribution in [0.5, 0.6) is 5.75 Å². The summed E-state index contributed by atoms with van der Waals surface area (Å²) in [6, 6.07) is 17.8. The highest BCUT2D eigenvalue weighted by atomic mass is 16.5. The number of aliphatic carboxylic acids is 1. The molecule has 0 radical (unpaired) electrons. The van der Waals surface area contributed by atoms with E-state index in [1.165, 1.54) is 5.56 Å². The Bertz CT molecular complexity index is 668. The molecule has 0 aliphatic heterocycles. The third-order valence-corrected chi connectivity index (χ3v) is 3.64. The first kappa shape index (κ1) is 17.8. The normalized spacial score (nSPS) is 11.1. The van der Waals surface area contributed by atoms with Crippen LogP contribution in [0.4, 0.5) is 0 Å². The van der Waals surface area contributed by atoms with E-state index in [2.05, 4.69) is 36.1 Å². The molecule has 0 saturated heterocycles. The van der Waals surface area contributed by atoms with Gasteiger partial charge in [0.05, 0.1) is 0 Å². The Morgan fingerprint density at radius 2 is 1.83 bits per heavy atom. The van der Waals surface area contributed by atoms with Gasteiger partial charge in [-0.15, -0.1) is 0 Å². The van der Waals surface area contributed by atoms with Gasteiger partial charge < -0.3 is 9.84 Å². The van der Waals surface area contributed by atoms with Crippen molar-refractivity contribution in [2.45, 2.75) is 13.5 Å². The highest BCUT2D eigenvalue weighted by Gasteiger charge is 2.08. The number of carboxylic acids is 1. The number of hydrogen-bond donors (Lipinski definition) is 1. The van der Waals surface area contributed by atoms with Gasteiger partial charge in [-0.05, 0) is 18.2 Å². The molecule has 126 valence electrons. The van der Waals surface area contributed by atoms with Crippen LogP contribution in [0.2, 0.25) is 0 Å². The minimum Gasteiger partial charge on any atom is -0.482 e. The summed E-state index contributed by atoms with van der Waals surface area (Å²) in [5.41, 5.74) is 2.17. The minimum absolute atomic E-state index is 0.322. The standard InChI is InChI=1S/C20H23NO3/c1-2-21(14-8-11-17-9-4-3-5-10-17)15-18-12-6-7-13-19(18)24-16-20(22)23/h3-13H,2,14-16H2,1H3,(H,22,23)/b11-8+. The fourth-order valence-electron chi connectivity index (χ4n) is 2.36. The molecule has 0 aliphatic rings. The van der Waals surface area contributed by atoms with Crippen molar-refractivity contribution in [3.05, 3.63) is 71.8 Å². The summed E-state index contributed by atoms with van der Waals surface area (Å²) in [7, 11) is 0. The van der Waals surface area contributed by atoms with Gasteiger partial charge in [-0.3, -0.25) is 4.90 Å². The number of rotatable bonds is 9. The van der Waals surface area contributed by atoms with Crippen LogP contribution in [-0.2, 0) is 11.3 Å². The van der Waals surface area contributed by atoms with Crippen LogP contribution in [0.3, 0.4) is 0 Å². The summed E-state index contributed by atoms with van der Waals surface area (Å²) in [5.74, 6) is -0.340. The topological polar surface area (TPSA) is 49.8 Å². The predicted octanol–water partition coefficient (Wildman–Crippen LogP) is 3.69. The van der Waals surface area contributed by atoms with Crippen LogP contribution in [0.25, 0.3) is 6.08 Å². The Hall–Kier alpha value is -2.59. The maximum Gasteiger partial charge on any atom is 0.341 e. The Morgan fingerprint density at radius 3 is 2.54 bits per heavy atom. The molecule has 0 heterocycles. The molecule has 0 saturated carbocycles. The first-order valence-corrected chi connectivity index (χ1v) is 8.05. The van der Waals surface area contributed by atoms with E-state index in [4.69, 9.17) is 9.84 Å². The quantitative estimate of drug-likeness (QED) is 0.764. The van der Waals surface area contributed by atoms with Crippen molar-refractivity contribution in [1.82, 2.24) is 4.90 Å². The van der Waals surface area contributed by atoms with Gasteiger partial charge in [0.15, 0.2) is 6.61 Å². The molecule has 0 unspecified atom stereocenters. The molecule has 0 aromatic heterocycles. The van der Waals surface area contributed by atoms with E-state index in [1.807, 2.05) is 42.5 Å². The van der Waals surface area contributed by atoms with Gasteiger partial charge >= 0.3 is 5.97 Å². The van der Waals surface area contributed by atoms with Crippen molar-refractivity contribution in [2.24, 2.45) is 0 Å². The molecule has 2 rings (SSSR count). The van der Waals surface area contributed by atoms with Gasteiger partial charge in [0, 0.05) is 18.7 Å². The van der Waals surface area contributed by atoms with Crippen molar-refractivity contribution in [3.8, 4) is 5.75 Å². The van der Waals surface area contributed by atoms with Crippen molar-refractivity contribution in [2.75, 3.05) is 19.7 Å². The molecule has 1 N–H and O–H groups in total. The number of benzene rings is 2. The predicted molar refractivity (Wildman–Crippen MR) is 96.0 cm³/mol. The van der Waals surface area contributed by atoms with Gasteiger partial charge in [-0.1, -0.05) is 67.6 Å². The molecule has 24 heavy (non-hydrogen) atoms. The van der Waals surface area contributed by atoms with E-state index in [0.29, 0.717) is 12.3 Å². The van der Waals surface area contributed by atoms with Gasteiger partial charge in [0.1, 0.15) is 5.75 Å². The number of hydrogen-bond acceptors (Lipinski definition) is 3. The molecule has 4 nitrogen and oxygen atoms in total. The molecular weight excluding hydrogens is 302 g/mol. The highest BCUT2D eigenvalue weighted by molar-refractivity contribution is 5.68. The van der Waals surface area contributed by atoms with Crippen molar-refractivity contribution < 1.29 is 14.6 Å². The molecule has 2 aromatic carbocycles. The van der Waals surface area contributed by atoms with Crippen LogP contribution >= 0.6 is 0 Å². The smallest absolute Gasteiger partial charge is 0.341 e. The Labute approximate surface area is 143 Å². The van der Waals surface area contributed by atoms with Crippen LogP contribution < -0.4 is 4.74 Å². The number of likely N-dealkylation sites (N-methyl/N-ethyl adjacent to an activating group) is 1. The highest BCUT2D eigenvalue weighted by Crippen LogP contribution is 2.20. The van der Waals surface area contributed by atoms with Gasteiger partial charge in [-0.25, -0.2) is 4.79 Å². The lowest BCUT2D eigenvalue weighted by molar-refractivity contribution is -0.139. The molecule has 0 fully saturated rings. The van der Waals surface area contributed by atoms with Crippen LogP contribution in [0.1, 0.15) is 18.1 Å². The lowest BCUT2D eigenvalue weighted by Crippen LogP contribution is -2.23. The third kappa shape index (κ3) is 5.89. The van der Waals surface area contributed by atoms with E-state index in [-0.39, 0.29) is 6.61 Å². The number of ether oxygens (including phenoxy) is 1. The molecule has 0 amide bonds. The van der Waals surface area contributed by atoms with Gasteiger partial charge in [0.25, 0.3) is 0 Å². The first-order valence-electron chi connectivity index (χ1n) is 8.05. The molecule has 0 aliphatic carbocycles. The summed E-state index contributed by atoms with van der Waals surface area (Å²) in [4.78, 5) is 13.0. The minimum atomic E-state index is -0.969. The van der Waals surface area contributed by atoms with Crippen molar-refractivity contribution in [3.63, 3.8) is 0 Å². The van der Waals surface area contributed by atoms with E-state index >= 15 is 0 Å². The second kappa shape index (κ2) is 9.53. The molecule has 0 atom stereocenters. The maximum absolute atomic E-state index is 10.7. The Morgan fingerprint density at radius 1 is 1.12 bits per heavy atom. The number of para-hydroxylation sites is 1. The van der Waals surface area contributed by atoms with E-state index in [1.54, 1.807) is 0 Å². The number of carbonyl (C=O) groups is 1. The van der Waals surface area contributed by atoms with E-state index in [0.717, 1.165) is 18.7 Å². The largest absolute Gasteiger partial charge is 0.482 e. The van der Waals surface area contributed by atoms with Gasteiger partial charge in [0.2, 0.25) is 0 Å². The van der Waals surface area contributed by atoms with Crippen LogP contribution in [-0.4, -0.2) is 35.7 Å². The maximum atomic E-state index is 10.7. The Balaban J connectivity index is 1.97. The zero-order valence-electron chi connectivity index (χ0n) is 13.9. The fraction of sp³-hybridized carbons (Fsp3) is 0.250. The summed E-state index contributed by atoms with van der Waals surface area (Å²) in [5, 5.41) is 8.77. The molecule has 0 bridgehead atoms. The lowest BCUT2D eigenvalue weighted by Gasteiger charge is -2.20. The zero-order valence-corrected chi connectivity index (χ0v) is 13.9. The van der Waals surface area contributed by atoms with E-state index < -0.39 is 5.97 Å². The second-order valence-electron chi connectivity index (χ2n) is 5.43. The molecule has 4 heteroatoms. The fourth-order valence-corrected chi connectivity index (χ4v) is 2.36. The molecule has 0 spiro atoms. The molecule has 2 aromatic rings. The molecular formula is C20H23NO3. The summed E-state index contributed by atoms with van der Waals surface area (Å²) in [6.07, 6.45) is 4.25. The SMILES string of the molecule is CCN(C/C=C/c1ccccc1)Cc1ccccc1OCC(=O)O. The van der Waals surface area contributed by atoms with E-state index in [9.17, 15) is 4.79 Å². The monoisotopic (exact) mass is 325 g/mol.